The molecule has 3 amide bonds. The van der Waals surface area contributed by atoms with Crippen molar-refractivity contribution in [2.75, 3.05) is 36.0 Å². The molecule has 1 aliphatic carbocycles. The van der Waals surface area contributed by atoms with Gasteiger partial charge in [0.15, 0.2) is 0 Å². The third kappa shape index (κ3) is 2.91. The third-order valence-corrected chi connectivity index (χ3v) is 6.35. The highest BCUT2D eigenvalue weighted by molar-refractivity contribution is 6.02. The van der Waals surface area contributed by atoms with Crippen molar-refractivity contribution < 1.29 is 14.4 Å². The second kappa shape index (κ2) is 6.36. The summed E-state index contributed by atoms with van der Waals surface area (Å²) in [5.41, 5.74) is 2.98. The summed E-state index contributed by atoms with van der Waals surface area (Å²) in [5, 5.41) is 0. The van der Waals surface area contributed by atoms with Gasteiger partial charge >= 0.3 is 0 Å². The monoisotopic (exact) mass is 367 g/mol. The molecule has 0 aromatic heterocycles. The molecule has 1 aromatic rings. The van der Waals surface area contributed by atoms with E-state index in [1.54, 1.807) is 4.90 Å². The Labute approximate surface area is 159 Å². The summed E-state index contributed by atoms with van der Waals surface area (Å²) in [5.74, 6) is 0.391. The number of amides is 3. The number of likely N-dealkylation sites (tertiary alicyclic amines) is 1. The van der Waals surface area contributed by atoms with Gasteiger partial charge in [0.25, 0.3) is 0 Å². The molecule has 6 nitrogen and oxygen atoms in total. The number of anilines is 2. The largest absolute Gasteiger partial charge is 0.342 e. The maximum Gasteiger partial charge on any atom is 0.230 e. The number of carbonyl (C=O) groups excluding carboxylic acids is 3. The van der Waals surface area contributed by atoms with Gasteiger partial charge in [0.2, 0.25) is 17.7 Å². The molecule has 0 radical (unpaired) electrons. The van der Waals surface area contributed by atoms with Gasteiger partial charge in [-0.25, -0.2) is 0 Å². The molecule has 3 aliphatic heterocycles. The third-order valence-electron chi connectivity index (χ3n) is 6.35. The van der Waals surface area contributed by atoms with E-state index in [1.165, 1.54) is 0 Å². The highest BCUT2D eigenvalue weighted by Gasteiger charge is 2.39. The lowest BCUT2D eigenvalue weighted by atomic mass is 10.1. The van der Waals surface area contributed by atoms with Crippen LogP contribution in [-0.4, -0.2) is 48.8 Å². The van der Waals surface area contributed by atoms with E-state index in [4.69, 9.17) is 0 Å². The van der Waals surface area contributed by atoms with Gasteiger partial charge in [-0.2, -0.15) is 0 Å². The van der Waals surface area contributed by atoms with Gasteiger partial charge in [0.1, 0.15) is 0 Å². The van der Waals surface area contributed by atoms with E-state index in [2.05, 4.69) is 0 Å². The van der Waals surface area contributed by atoms with Gasteiger partial charge in [-0.1, -0.05) is 0 Å². The smallest absolute Gasteiger partial charge is 0.230 e. The zero-order valence-electron chi connectivity index (χ0n) is 15.5. The molecule has 27 heavy (non-hydrogen) atoms. The van der Waals surface area contributed by atoms with Crippen LogP contribution in [0.4, 0.5) is 11.4 Å². The molecular weight excluding hydrogens is 342 g/mol. The van der Waals surface area contributed by atoms with Crippen LogP contribution in [0.25, 0.3) is 0 Å². The lowest BCUT2D eigenvalue weighted by Gasteiger charge is -2.21. The quantitative estimate of drug-likeness (QED) is 0.821. The van der Waals surface area contributed by atoms with Crippen LogP contribution in [0.5, 0.6) is 0 Å². The molecule has 4 aliphatic rings. The van der Waals surface area contributed by atoms with Crippen molar-refractivity contribution in [2.24, 2.45) is 11.8 Å². The number of benzene rings is 1. The first-order chi connectivity index (χ1) is 13.1. The number of fused-ring (bicyclic) bond motifs is 1. The SMILES string of the molecule is O=C([C@H]1CC(=O)N(c2ccc3c(c2)CCN3C(=O)C2CC2)C1)N1CCCC1. The predicted octanol–water partition coefficient (Wildman–Crippen LogP) is 1.96. The molecule has 2 saturated heterocycles. The Hall–Kier alpha value is -2.37. The normalized spacial score (nSPS) is 24.7. The molecule has 142 valence electrons. The zero-order valence-corrected chi connectivity index (χ0v) is 15.5. The molecule has 0 spiro atoms. The first-order valence-corrected chi connectivity index (χ1v) is 10.2. The second-order valence-electron chi connectivity index (χ2n) is 8.26. The number of hydrogen-bond donors (Lipinski definition) is 0. The van der Waals surface area contributed by atoms with Crippen molar-refractivity contribution in [1.82, 2.24) is 4.90 Å². The van der Waals surface area contributed by atoms with Gasteiger partial charge in [-0.05, 0) is 55.9 Å². The predicted molar refractivity (Wildman–Crippen MR) is 101 cm³/mol. The van der Waals surface area contributed by atoms with E-state index in [1.807, 2.05) is 28.0 Å². The summed E-state index contributed by atoms with van der Waals surface area (Å²) >= 11 is 0. The van der Waals surface area contributed by atoms with Gasteiger partial charge in [-0.3, -0.25) is 14.4 Å². The fraction of sp³-hybridized carbons (Fsp3) is 0.571. The summed E-state index contributed by atoms with van der Waals surface area (Å²) in [6.45, 7) is 2.86. The lowest BCUT2D eigenvalue weighted by molar-refractivity contribution is -0.134. The summed E-state index contributed by atoms with van der Waals surface area (Å²) in [4.78, 5) is 43.2. The highest BCUT2D eigenvalue weighted by atomic mass is 16.2. The molecule has 5 rings (SSSR count). The van der Waals surface area contributed by atoms with Crippen LogP contribution in [0.15, 0.2) is 18.2 Å². The minimum atomic E-state index is -0.225. The Bertz CT molecular complexity index is 811. The van der Waals surface area contributed by atoms with Crippen LogP contribution in [0.1, 0.15) is 37.7 Å². The van der Waals surface area contributed by atoms with E-state index in [-0.39, 0.29) is 29.6 Å². The van der Waals surface area contributed by atoms with E-state index < -0.39 is 0 Å². The van der Waals surface area contributed by atoms with E-state index in [9.17, 15) is 14.4 Å². The van der Waals surface area contributed by atoms with Crippen LogP contribution in [0.3, 0.4) is 0 Å². The van der Waals surface area contributed by atoms with E-state index in [0.29, 0.717) is 13.0 Å². The molecule has 1 saturated carbocycles. The van der Waals surface area contributed by atoms with Crippen molar-refractivity contribution >= 4 is 29.1 Å². The molecular formula is C21H25N3O3. The van der Waals surface area contributed by atoms with Gasteiger partial charge in [-0.15, -0.1) is 0 Å². The van der Waals surface area contributed by atoms with Gasteiger partial charge < -0.3 is 14.7 Å². The molecule has 3 fully saturated rings. The van der Waals surface area contributed by atoms with Crippen molar-refractivity contribution in [3.63, 3.8) is 0 Å². The maximum absolute atomic E-state index is 12.6. The topological polar surface area (TPSA) is 60.9 Å². The molecule has 0 N–H and O–H groups in total. The zero-order chi connectivity index (χ0) is 18.5. The summed E-state index contributed by atoms with van der Waals surface area (Å²) < 4.78 is 0. The van der Waals surface area contributed by atoms with Crippen molar-refractivity contribution in [3.8, 4) is 0 Å². The van der Waals surface area contributed by atoms with Crippen LogP contribution in [-0.2, 0) is 20.8 Å². The minimum absolute atomic E-state index is 0.0245. The van der Waals surface area contributed by atoms with Crippen molar-refractivity contribution in [1.29, 1.82) is 0 Å². The summed E-state index contributed by atoms with van der Waals surface area (Å²) in [7, 11) is 0. The maximum atomic E-state index is 12.6. The fourth-order valence-electron chi connectivity index (χ4n) is 4.65. The van der Waals surface area contributed by atoms with Crippen molar-refractivity contribution in [3.05, 3.63) is 23.8 Å². The number of carbonyl (C=O) groups is 3. The molecule has 3 heterocycles. The molecule has 0 bridgehead atoms. The van der Waals surface area contributed by atoms with Crippen molar-refractivity contribution in [2.45, 2.75) is 38.5 Å². The standard InChI is InChI=1S/C21H25N3O3/c25-19-12-16(20(26)22-8-1-2-9-22)13-24(19)17-5-6-18-15(11-17)7-10-23(18)21(27)14-3-4-14/h5-6,11,14,16H,1-4,7-10,12-13H2/t16-/m0/s1. The van der Waals surface area contributed by atoms with Crippen LogP contribution in [0, 0.1) is 11.8 Å². The Balaban J connectivity index is 1.32. The fourth-order valence-corrected chi connectivity index (χ4v) is 4.65. The van der Waals surface area contributed by atoms with Crippen LogP contribution >= 0.6 is 0 Å². The number of rotatable bonds is 3. The Morgan fingerprint density at radius 3 is 2.48 bits per heavy atom. The average Bonchev–Trinajstić information content (AvgIpc) is 3.08. The van der Waals surface area contributed by atoms with Crippen LogP contribution in [0.2, 0.25) is 0 Å². The van der Waals surface area contributed by atoms with Crippen LogP contribution < -0.4 is 9.80 Å². The first-order valence-electron chi connectivity index (χ1n) is 10.2. The average molecular weight is 367 g/mol. The Morgan fingerprint density at radius 2 is 1.74 bits per heavy atom. The minimum Gasteiger partial charge on any atom is -0.342 e. The summed E-state index contributed by atoms with van der Waals surface area (Å²) in [6, 6.07) is 5.94. The van der Waals surface area contributed by atoms with Gasteiger partial charge in [0.05, 0.1) is 5.92 Å². The number of nitrogens with zero attached hydrogens (tertiary/aromatic N) is 3. The van der Waals surface area contributed by atoms with Gasteiger partial charge in [0, 0.05) is 49.9 Å². The Morgan fingerprint density at radius 1 is 0.963 bits per heavy atom. The second-order valence-corrected chi connectivity index (χ2v) is 8.26. The summed E-state index contributed by atoms with van der Waals surface area (Å²) in [6.07, 6.45) is 5.29. The highest BCUT2D eigenvalue weighted by Crippen LogP contribution is 2.38. The Kier molecular flexibility index (Phi) is 3.95. The first kappa shape index (κ1) is 16.8. The van der Waals surface area contributed by atoms with E-state index in [0.717, 1.165) is 68.7 Å². The molecule has 1 aromatic carbocycles. The lowest BCUT2D eigenvalue weighted by Crippen LogP contribution is -2.35. The molecule has 1 atom stereocenters. The van der Waals surface area contributed by atoms with E-state index >= 15 is 0 Å². The molecule has 6 heteroatoms. The number of hydrogen-bond acceptors (Lipinski definition) is 3. The molecule has 0 unspecified atom stereocenters.